The first kappa shape index (κ1) is 18.8. The number of hydrogen-bond donors (Lipinski definition) is 1. The average Bonchev–Trinajstić information content (AvgIpc) is 3.03. The number of nitriles is 1. The highest BCUT2D eigenvalue weighted by Gasteiger charge is 2.53. The van der Waals surface area contributed by atoms with E-state index in [1.54, 1.807) is 0 Å². The Bertz CT molecular complexity index is 1200. The maximum Gasteiger partial charge on any atom is 0.0957 e. The first-order valence-electron chi connectivity index (χ1n) is 10.4. The molecule has 0 spiro atoms. The predicted molar refractivity (Wildman–Crippen MR) is 121 cm³/mol. The molecule has 0 amide bonds. The molecular weight excluding hydrogens is 376 g/mol. The number of benzene rings is 1. The summed E-state index contributed by atoms with van der Waals surface area (Å²) in [7, 11) is 0. The molecule has 1 aromatic heterocycles. The van der Waals surface area contributed by atoms with Crippen LogP contribution in [-0.4, -0.2) is 10.4 Å². The SMILES string of the molecule is C=C[C@]1(C)C2=C3c4c([nH]c5cccc(c45)C(C)(C)[C@H]3C[C@H]1Cl)C(C)(C)C(C#N)=C2. The Kier molecular flexibility index (Phi) is 3.54. The maximum atomic E-state index is 10.1. The Hall–Kier alpha value is -2.24. The number of halogens is 1. The fourth-order valence-electron chi connectivity index (χ4n) is 5.99. The number of nitrogens with one attached hydrogen (secondary N) is 1. The lowest BCUT2D eigenvalue weighted by Crippen LogP contribution is -2.43. The standard InChI is InChI=1S/C26H27ClN2/c1-7-26(6)17-11-14(13-28)24(2,3)23-22-20(17)16(12-19(26)27)25(4,5)15-9-8-10-18(29-23)21(15)22/h7-11,16,19,29H,1,12H2,2-6H3/t16-,19+,26+/m0/s1. The molecule has 0 bridgehead atoms. The van der Waals surface area contributed by atoms with E-state index >= 15 is 0 Å². The molecule has 5 rings (SSSR count). The second-order valence-corrected chi connectivity index (χ2v) is 10.7. The van der Waals surface area contributed by atoms with E-state index in [1.165, 1.54) is 27.7 Å². The van der Waals surface area contributed by atoms with E-state index in [4.69, 9.17) is 11.6 Å². The molecule has 1 heterocycles. The third-order valence-corrected chi connectivity index (χ3v) is 8.73. The van der Waals surface area contributed by atoms with Gasteiger partial charge in [0.05, 0.1) is 6.07 Å². The van der Waals surface area contributed by atoms with Crippen molar-refractivity contribution in [2.24, 2.45) is 11.3 Å². The van der Waals surface area contributed by atoms with Crippen LogP contribution in [0.3, 0.4) is 0 Å². The Balaban J connectivity index is 2.07. The molecule has 29 heavy (non-hydrogen) atoms. The maximum absolute atomic E-state index is 10.1. The average molecular weight is 403 g/mol. The van der Waals surface area contributed by atoms with Gasteiger partial charge in [0.1, 0.15) is 0 Å². The van der Waals surface area contributed by atoms with Crippen molar-refractivity contribution in [3.05, 3.63) is 64.9 Å². The lowest BCUT2D eigenvalue weighted by Gasteiger charge is -2.50. The van der Waals surface area contributed by atoms with E-state index < -0.39 is 5.41 Å². The van der Waals surface area contributed by atoms with Gasteiger partial charge in [-0.05, 0) is 60.5 Å². The summed E-state index contributed by atoms with van der Waals surface area (Å²) < 4.78 is 0. The summed E-state index contributed by atoms with van der Waals surface area (Å²) >= 11 is 7.06. The van der Waals surface area contributed by atoms with Gasteiger partial charge in [0.2, 0.25) is 0 Å². The van der Waals surface area contributed by atoms with Crippen LogP contribution in [0.2, 0.25) is 0 Å². The quantitative estimate of drug-likeness (QED) is 0.414. The molecule has 2 nitrogen and oxygen atoms in total. The van der Waals surface area contributed by atoms with Crippen molar-refractivity contribution in [3.8, 4) is 6.07 Å². The third-order valence-electron chi connectivity index (χ3n) is 8.10. The van der Waals surface area contributed by atoms with Crippen molar-refractivity contribution in [1.29, 1.82) is 5.26 Å². The number of hydrogen-bond acceptors (Lipinski definition) is 1. The molecule has 0 radical (unpaired) electrons. The van der Waals surface area contributed by atoms with E-state index in [1.807, 2.05) is 6.08 Å². The fraction of sp³-hybridized carbons (Fsp3) is 0.423. The van der Waals surface area contributed by atoms with Gasteiger partial charge >= 0.3 is 0 Å². The largest absolute Gasteiger partial charge is 0.357 e. The van der Waals surface area contributed by atoms with Crippen molar-refractivity contribution in [2.45, 2.75) is 57.2 Å². The highest BCUT2D eigenvalue weighted by atomic mass is 35.5. The van der Waals surface area contributed by atoms with Crippen LogP contribution in [0.5, 0.6) is 0 Å². The summed E-state index contributed by atoms with van der Waals surface area (Å²) in [5.74, 6) is 0.297. The van der Waals surface area contributed by atoms with Crippen LogP contribution in [0.1, 0.15) is 57.9 Å². The number of rotatable bonds is 1. The second kappa shape index (κ2) is 5.46. The number of allylic oxidation sites excluding steroid dienone is 5. The Morgan fingerprint density at radius 1 is 1.24 bits per heavy atom. The van der Waals surface area contributed by atoms with Gasteiger partial charge in [-0.15, -0.1) is 18.2 Å². The van der Waals surface area contributed by atoms with Crippen LogP contribution in [0.15, 0.2) is 48.1 Å². The van der Waals surface area contributed by atoms with Gasteiger partial charge in [-0.25, -0.2) is 0 Å². The topological polar surface area (TPSA) is 39.6 Å². The number of H-pyrrole nitrogens is 1. The second-order valence-electron chi connectivity index (χ2n) is 10.2. The summed E-state index contributed by atoms with van der Waals surface area (Å²) in [6.45, 7) is 15.3. The minimum absolute atomic E-state index is 0.0443. The van der Waals surface area contributed by atoms with Gasteiger partial charge in [0, 0.05) is 43.9 Å². The van der Waals surface area contributed by atoms with Crippen LogP contribution in [0.25, 0.3) is 16.5 Å². The summed E-state index contributed by atoms with van der Waals surface area (Å²) in [6.07, 6.45) is 5.01. The van der Waals surface area contributed by atoms with E-state index in [-0.39, 0.29) is 16.2 Å². The smallest absolute Gasteiger partial charge is 0.0957 e. The molecule has 0 unspecified atom stereocenters. The molecule has 2 aromatic rings. The molecule has 0 fully saturated rings. The van der Waals surface area contributed by atoms with Crippen molar-refractivity contribution in [3.63, 3.8) is 0 Å². The Morgan fingerprint density at radius 3 is 2.62 bits per heavy atom. The normalized spacial score (nSPS) is 31.1. The molecule has 3 aliphatic carbocycles. The molecular formula is C26H27ClN2. The van der Waals surface area contributed by atoms with Gasteiger partial charge in [-0.2, -0.15) is 5.26 Å². The van der Waals surface area contributed by atoms with Gasteiger partial charge in [0.15, 0.2) is 0 Å². The van der Waals surface area contributed by atoms with Crippen molar-refractivity contribution < 1.29 is 0 Å². The number of aromatic nitrogens is 1. The summed E-state index contributed by atoms with van der Waals surface area (Å²) in [5.41, 5.74) is 7.48. The number of alkyl halides is 1. The molecule has 0 saturated heterocycles. The fourth-order valence-corrected chi connectivity index (χ4v) is 6.38. The summed E-state index contributed by atoms with van der Waals surface area (Å²) in [4.78, 5) is 3.72. The van der Waals surface area contributed by atoms with Crippen LogP contribution in [0, 0.1) is 22.7 Å². The summed E-state index contributed by atoms with van der Waals surface area (Å²) in [5, 5.41) is 11.4. The van der Waals surface area contributed by atoms with E-state index in [9.17, 15) is 5.26 Å². The molecule has 1 aromatic carbocycles. The molecule has 0 saturated carbocycles. The number of aromatic amines is 1. The molecule has 3 aliphatic rings. The summed E-state index contributed by atoms with van der Waals surface area (Å²) in [6, 6.07) is 9.09. The molecule has 1 N–H and O–H groups in total. The predicted octanol–water partition coefficient (Wildman–Crippen LogP) is 6.77. The Morgan fingerprint density at radius 2 is 1.97 bits per heavy atom. The van der Waals surface area contributed by atoms with Crippen molar-refractivity contribution in [1.82, 2.24) is 4.98 Å². The van der Waals surface area contributed by atoms with Crippen LogP contribution >= 0.6 is 11.6 Å². The van der Waals surface area contributed by atoms with Crippen LogP contribution in [0.4, 0.5) is 0 Å². The molecule has 148 valence electrons. The monoisotopic (exact) mass is 402 g/mol. The zero-order valence-electron chi connectivity index (χ0n) is 17.8. The number of nitrogens with zero attached hydrogens (tertiary/aromatic N) is 1. The minimum Gasteiger partial charge on any atom is -0.357 e. The molecule has 3 heteroatoms. The van der Waals surface area contributed by atoms with Crippen LogP contribution < -0.4 is 0 Å². The lowest BCUT2D eigenvalue weighted by molar-refractivity contribution is 0.308. The molecule has 3 atom stereocenters. The van der Waals surface area contributed by atoms with Crippen molar-refractivity contribution >= 4 is 28.1 Å². The first-order chi connectivity index (χ1) is 13.6. The highest BCUT2D eigenvalue weighted by molar-refractivity contribution is 6.22. The Labute approximate surface area is 178 Å². The minimum atomic E-state index is -0.409. The van der Waals surface area contributed by atoms with E-state index in [0.29, 0.717) is 5.92 Å². The zero-order chi connectivity index (χ0) is 20.9. The van der Waals surface area contributed by atoms with E-state index in [0.717, 1.165) is 23.2 Å². The van der Waals surface area contributed by atoms with Gasteiger partial charge < -0.3 is 4.98 Å². The van der Waals surface area contributed by atoms with Crippen molar-refractivity contribution in [2.75, 3.05) is 0 Å². The van der Waals surface area contributed by atoms with Gasteiger partial charge in [-0.3, -0.25) is 0 Å². The van der Waals surface area contributed by atoms with Gasteiger partial charge in [0.25, 0.3) is 0 Å². The van der Waals surface area contributed by atoms with Crippen LogP contribution in [-0.2, 0) is 10.8 Å². The van der Waals surface area contributed by atoms with Gasteiger partial charge in [-0.1, -0.05) is 39.0 Å². The highest BCUT2D eigenvalue weighted by Crippen LogP contribution is 2.62. The van der Waals surface area contributed by atoms with E-state index in [2.05, 4.69) is 76.5 Å². The first-order valence-corrected chi connectivity index (χ1v) is 10.8. The third kappa shape index (κ3) is 2.02. The lowest BCUT2D eigenvalue weighted by atomic mass is 9.55. The molecule has 0 aliphatic heterocycles. The zero-order valence-corrected chi connectivity index (χ0v) is 18.5.